The molecule has 0 saturated heterocycles. The molecule has 4 rings (SSSR count). The summed E-state index contributed by atoms with van der Waals surface area (Å²) in [5.41, 5.74) is 4.55. The van der Waals surface area contributed by atoms with E-state index in [4.69, 9.17) is 4.74 Å². The van der Waals surface area contributed by atoms with E-state index < -0.39 is 0 Å². The van der Waals surface area contributed by atoms with Crippen molar-refractivity contribution in [3.05, 3.63) is 23.3 Å². The zero-order valence-electron chi connectivity index (χ0n) is 31.6. The van der Waals surface area contributed by atoms with Crippen LogP contribution in [0.2, 0.25) is 0 Å². The van der Waals surface area contributed by atoms with Crippen molar-refractivity contribution in [2.45, 2.75) is 196 Å². The number of unbranched alkanes of at least 4 members (excludes halogenated alkanes) is 12. The molecule has 0 aromatic carbocycles. The third-order valence-electron chi connectivity index (χ3n) is 14.3. The van der Waals surface area contributed by atoms with E-state index in [1.807, 2.05) is 5.57 Å². The molecule has 8 atom stereocenters. The van der Waals surface area contributed by atoms with E-state index in [1.165, 1.54) is 141 Å². The lowest BCUT2D eigenvalue weighted by atomic mass is 9.50. The predicted octanol–water partition coefficient (Wildman–Crippen LogP) is 13.6. The number of rotatable bonds is 21. The maximum atomic E-state index is 12.4. The molecule has 3 fully saturated rings. The van der Waals surface area contributed by atoms with Gasteiger partial charge in [0.05, 0.1) is 6.61 Å². The van der Waals surface area contributed by atoms with Crippen molar-refractivity contribution in [3.8, 4) is 0 Å². The zero-order chi connectivity index (χ0) is 33.0. The van der Waals surface area contributed by atoms with Crippen LogP contribution < -0.4 is 0 Å². The molecule has 264 valence electrons. The van der Waals surface area contributed by atoms with Gasteiger partial charge in [-0.15, -0.1) is 0 Å². The summed E-state index contributed by atoms with van der Waals surface area (Å²) in [7, 11) is 0. The monoisotopic (exact) mass is 637 g/mol. The van der Waals surface area contributed by atoms with Gasteiger partial charge in [-0.25, -0.2) is 0 Å². The Hall–Kier alpha value is -1.05. The SMILES string of the molecule is CCCCCCCCCCCCCCCC(=O)OCC(C)[C@@H](C)CC[C@@H](C)[C@H]1CC[C@H]2C3=CC=C4CCCC[C@]4(C)[C@H]3CC[C@]12C. The van der Waals surface area contributed by atoms with E-state index in [-0.39, 0.29) is 5.97 Å². The minimum absolute atomic E-state index is 0.0251. The van der Waals surface area contributed by atoms with E-state index in [1.54, 1.807) is 5.57 Å². The zero-order valence-corrected chi connectivity index (χ0v) is 31.6. The Kier molecular flexibility index (Phi) is 15.3. The van der Waals surface area contributed by atoms with Crippen molar-refractivity contribution in [2.75, 3.05) is 6.61 Å². The Morgan fingerprint density at radius 3 is 2.09 bits per heavy atom. The molecule has 0 aromatic rings. The second-order valence-corrected chi connectivity index (χ2v) is 17.5. The summed E-state index contributed by atoms with van der Waals surface area (Å²) in [6, 6.07) is 0. The smallest absolute Gasteiger partial charge is 0.305 e. The summed E-state index contributed by atoms with van der Waals surface area (Å²) in [6.07, 6.45) is 37.0. The molecule has 0 heterocycles. The Labute approximate surface area is 286 Å². The van der Waals surface area contributed by atoms with Crippen molar-refractivity contribution in [1.29, 1.82) is 0 Å². The van der Waals surface area contributed by atoms with Gasteiger partial charge in [0, 0.05) is 6.42 Å². The van der Waals surface area contributed by atoms with Crippen LogP contribution in [0.1, 0.15) is 196 Å². The van der Waals surface area contributed by atoms with Gasteiger partial charge in [-0.05, 0) is 97.7 Å². The van der Waals surface area contributed by atoms with E-state index in [0.29, 0.717) is 35.7 Å². The van der Waals surface area contributed by atoms with Crippen LogP contribution in [0.3, 0.4) is 0 Å². The molecule has 46 heavy (non-hydrogen) atoms. The standard InChI is InChI=1S/C44H76O2/c1-7-8-9-10-11-12-13-14-15-16-17-18-19-23-42(45)46-33-36(4)34(2)24-25-35(3)39-28-29-40-38-27-26-37-22-20-21-31-43(37,5)41(38)30-32-44(39,40)6/h26-27,34-36,39-41H,7-25,28-33H2,1-6H3/t34-,35+,36?,39+,40-,41-,43-,44+/m0/s1. The quantitative estimate of drug-likeness (QED) is 0.0925. The third-order valence-corrected chi connectivity index (χ3v) is 14.3. The first-order valence-corrected chi connectivity index (χ1v) is 20.8. The largest absolute Gasteiger partial charge is 0.465 e. The molecule has 0 radical (unpaired) electrons. The second kappa shape index (κ2) is 18.6. The molecule has 0 spiro atoms. The van der Waals surface area contributed by atoms with Gasteiger partial charge in [-0.1, -0.05) is 161 Å². The highest BCUT2D eigenvalue weighted by molar-refractivity contribution is 5.69. The number of ether oxygens (including phenoxy) is 1. The molecule has 2 nitrogen and oxygen atoms in total. The summed E-state index contributed by atoms with van der Waals surface area (Å²) in [6.45, 7) is 15.4. The summed E-state index contributed by atoms with van der Waals surface area (Å²) in [5.74, 6) is 4.31. The van der Waals surface area contributed by atoms with Crippen molar-refractivity contribution >= 4 is 5.97 Å². The Bertz CT molecular complexity index is 976. The Morgan fingerprint density at radius 1 is 0.761 bits per heavy atom. The maximum Gasteiger partial charge on any atom is 0.305 e. The fourth-order valence-corrected chi connectivity index (χ4v) is 10.8. The number of hydrogen-bond acceptors (Lipinski definition) is 2. The summed E-state index contributed by atoms with van der Waals surface area (Å²) < 4.78 is 5.77. The summed E-state index contributed by atoms with van der Waals surface area (Å²) in [4.78, 5) is 12.4. The lowest BCUT2D eigenvalue weighted by Gasteiger charge is -2.54. The van der Waals surface area contributed by atoms with Crippen LogP contribution in [0.5, 0.6) is 0 Å². The van der Waals surface area contributed by atoms with E-state index >= 15 is 0 Å². The molecule has 1 unspecified atom stereocenters. The van der Waals surface area contributed by atoms with Gasteiger partial charge < -0.3 is 4.74 Å². The van der Waals surface area contributed by atoms with Crippen LogP contribution in [-0.4, -0.2) is 12.6 Å². The highest BCUT2D eigenvalue weighted by Gasteiger charge is 2.56. The highest BCUT2D eigenvalue weighted by Crippen LogP contribution is 2.66. The fourth-order valence-electron chi connectivity index (χ4n) is 10.8. The van der Waals surface area contributed by atoms with Crippen LogP contribution in [-0.2, 0) is 9.53 Å². The Balaban J connectivity index is 1.07. The molecule has 0 aliphatic heterocycles. The minimum atomic E-state index is 0.0251. The second-order valence-electron chi connectivity index (χ2n) is 17.5. The number of hydrogen-bond donors (Lipinski definition) is 0. The van der Waals surface area contributed by atoms with Gasteiger partial charge in [-0.3, -0.25) is 4.79 Å². The average molecular weight is 637 g/mol. The topological polar surface area (TPSA) is 26.3 Å². The lowest BCUT2D eigenvalue weighted by Crippen LogP contribution is -2.45. The number of allylic oxidation sites excluding steroid dienone is 4. The van der Waals surface area contributed by atoms with Crippen LogP contribution in [0.15, 0.2) is 23.3 Å². The van der Waals surface area contributed by atoms with E-state index in [0.717, 1.165) is 30.1 Å². The molecule has 0 amide bonds. The average Bonchev–Trinajstić information content (AvgIpc) is 3.41. The van der Waals surface area contributed by atoms with Gasteiger partial charge in [0.1, 0.15) is 0 Å². The highest BCUT2D eigenvalue weighted by atomic mass is 16.5. The molecule has 3 saturated carbocycles. The number of carbonyl (C=O) groups is 1. The van der Waals surface area contributed by atoms with Crippen LogP contribution >= 0.6 is 0 Å². The van der Waals surface area contributed by atoms with Gasteiger partial charge >= 0.3 is 5.97 Å². The normalized spacial score (nSPS) is 30.8. The first-order chi connectivity index (χ1) is 22.2. The van der Waals surface area contributed by atoms with E-state index in [2.05, 4.69) is 53.7 Å². The third kappa shape index (κ3) is 9.77. The fraction of sp³-hybridized carbons (Fsp3) is 0.886. The van der Waals surface area contributed by atoms with Gasteiger partial charge in [-0.2, -0.15) is 0 Å². The predicted molar refractivity (Wildman–Crippen MR) is 198 cm³/mol. The van der Waals surface area contributed by atoms with Crippen molar-refractivity contribution < 1.29 is 9.53 Å². The van der Waals surface area contributed by atoms with Crippen molar-refractivity contribution in [1.82, 2.24) is 0 Å². The van der Waals surface area contributed by atoms with Gasteiger partial charge in [0.15, 0.2) is 0 Å². The van der Waals surface area contributed by atoms with Crippen molar-refractivity contribution in [3.63, 3.8) is 0 Å². The van der Waals surface area contributed by atoms with E-state index in [9.17, 15) is 4.79 Å². The molecule has 4 aliphatic carbocycles. The van der Waals surface area contributed by atoms with Crippen LogP contribution in [0.25, 0.3) is 0 Å². The number of fused-ring (bicyclic) bond motifs is 5. The molecular weight excluding hydrogens is 560 g/mol. The molecule has 2 heteroatoms. The lowest BCUT2D eigenvalue weighted by molar-refractivity contribution is -0.145. The van der Waals surface area contributed by atoms with Gasteiger partial charge in [0.2, 0.25) is 0 Å². The molecule has 0 bridgehead atoms. The number of esters is 1. The van der Waals surface area contributed by atoms with Crippen molar-refractivity contribution in [2.24, 2.45) is 46.3 Å². The Morgan fingerprint density at radius 2 is 1.41 bits per heavy atom. The molecule has 0 aromatic heterocycles. The van der Waals surface area contributed by atoms with Gasteiger partial charge in [0.25, 0.3) is 0 Å². The van der Waals surface area contributed by atoms with Crippen LogP contribution in [0.4, 0.5) is 0 Å². The molecular formula is C44H76O2. The number of carbonyl (C=O) groups excluding carboxylic acids is 1. The summed E-state index contributed by atoms with van der Waals surface area (Å²) in [5, 5.41) is 0. The summed E-state index contributed by atoms with van der Waals surface area (Å²) >= 11 is 0. The minimum Gasteiger partial charge on any atom is -0.465 e. The molecule has 0 N–H and O–H groups in total. The molecule has 4 aliphatic rings. The first-order valence-electron chi connectivity index (χ1n) is 20.8. The van der Waals surface area contributed by atoms with Crippen LogP contribution in [0, 0.1) is 46.3 Å². The first kappa shape index (κ1) is 37.8. The maximum absolute atomic E-state index is 12.4.